The summed E-state index contributed by atoms with van der Waals surface area (Å²) in [6.07, 6.45) is 1.10. The first kappa shape index (κ1) is 17.7. The van der Waals surface area contributed by atoms with Gasteiger partial charge in [-0.05, 0) is 19.0 Å². The lowest BCUT2D eigenvalue weighted by molar-refractivity contribution is 0.120. The van der Waals surface area contributed by atoms with Crippen LogP contribution < -0.4 is 10.5 Å². The molecule has 3 rings (SSSR count). The zero-order valence-corrected chi connectivity index (χ0v) is 15.0. The Morgan fingerprint density at radius 1 is 1.04 bits per heavy atom. The second kappa shape index (κ2) is 8.81. The van der Waals surface area contributed by atoms with Crippen molar-refractivity contribution in [3.05, 3.63) is 29.8 Å². The van der Waals surface area contributed by atoms with Gasteiger partial charge in [0.25, 0.3) is 0 Å². The number of piperazine rings is 1. The molecule has 0 radical (unpaired) electrons. The maximum atomic E-state index is 6.12. The van der Waals surface area contributed by atoms with E-state index in [0.29, 0.717) is 6.04 Å². The van der Waals surface area contributed by atoms with Crippen LogP contribution in [0.1, 0.15) is 18.9 Å². The highest BCUT2D eigenvalue weighted by Crippen LogP contribution is 2.21. The van der Waals surface area contributed by atoms with Crippen LogP contribution in [0.5, 0.6) is 5.75 Å². The van der Waals surface area contributed by atoms with Crippen LogP contribution in [-0.2, 0) is 6.54 Å². The molecule has 2 saturated heterocycles. The Hall–Kier alpha value is -1.14. The van der Waals surface area contributed by atoms with Gasteiger partial charge in [0.15, 0.2) is 0 Å². The third kappa shape index (κ3) is 4.93. The van der Waals surface area contributed by atoms with Crippen molar-refractivity contribution < 1.29 is 4.74 Å². The lowest BCUT2D eigenvalue weighted by atomic mass is 10.2. The molecule has 2 aliphatic rings. The highest BCUT2D eigenvalue weighted by Gasteiger charge is 2.20. The van der Waals surface area contributed by atoms with Crippen molar-refractivity contribution in [3.63, 3.8) is 0 Å². The molecule has 134 valence electrons. The number of likely N-dealkylation sites (tertiary alicyclic amines) is 1. The number of benzene rings is 1. The first-order chi connectivity index (χ1) is 11.7. The van der Waals surface area contributed by atoms with E-state index in [4.69, 9.17) is 10.5 Å². The van der Waals surface area contributed by atoms with Gasteiger partial charge in [-0.25, -0.2) is 0 Å². The minimum atomic E-state index is 0.333. The number of nitrogens with two attached hydrogens (primary N) is 1. The molecular weight excluding hydrogens is 300 g/mol. The number of rotatable bonds is 7. The summed E-state index contributed by atoms with van der Waals surface area (Å²) in [5.41, 5.74) is 7.30. The second-order valence-electron chi connectivity index (χ2n) is 7.02. The van der Waals surface area contributed by atoms with E-state index in [2.05, 4.69) is 45.9 Å². The molecule has 2 aliphatic heterocycles. The standard InChI is InChI=1S/C19H32N4O/c1-2-21-9-11-22(12-10-21)13-14-24-19-6-4-3-5-17(19)15-23-8-7-18(20)16-23/h3-6,18H,2,7-16,20H2,1H3/t18-/m1/s1. The third-order valence-electron chi connectivity index (χ3n) is 5.25. The van der Waals surface area contributed by atoms with Gasteiger partial charge < -0.3 is 15.4 Å². The summed E-state index contributed by atoms with van der Waals surface area (Å²) in [6, 6.07) is 8.77. The van der Waals surface area contributed by atoms with Crippen LogP contribution in [0.3, 0.4) is 0 Å². The fourth-order valence-electron chi connectivity index (χ4n) is 3.64. The predicted octanol–water partition coefficient (Wildman–Crippen LogP) is 1.24. The molecule has 2 N–H and O–H groups in total. The lowest BCUT2D eigenvalue weighted by Crippen LogP contribution is -2.47. The summed E-state index contributed by atoms with van der Waals surface area (Å²) in [6.45, 7) is 12.9. The Bertz CT molecular complexity index is 502. The first-order valence-electron chi connectivity index (χ1n) is 9.38. The molecular formula is C19H32N4O. The smallest absolute Gasteiger partial charge is 0.123 e. The van der Waals surface area contributed by atoms with Crippen molar-refractivity contribution in [1.29, 1.82) is 0 Å². The molecule has 2 fully saturated rings. The molecule has 5 nitrogen and oxygen atoms in total. The minimum Gasteiger partial charge on any atom is -0.492 e. The molecule has 1 aromatic rings. The van der Waals surface area contributed by atoms with E-state index in [1.165, 1.54) is 18.7 Å². The summed E-state index contributed by atoms with van der Waals surface area (Å²) in [5.74, 6) is 1.03. The molecule has 0 bridgehead atoms. The van der Waals surface area contributed by atoms with Gasteiger partial charge in [-0.2, -0.15) is 0 Å². The van der Waals surface area contributed by atoms with Crippen molar-refractivity contribution in [2.45, 2.75) is 25.9 Å². The molecule has 0 saturated carbocycles. The molecule has 5 heteroatoms. The van der Waals surface area contributed by atoms with Crippen LogP contribution in [0.4, 0.5) is 0 Å². The Morgan fingerprint density at radius 3 is 2.50 bits per heavy atom. The lowest BCUT2D eigenvalue weighted by Gasteiger charge is -2.33. The molecule has 0 aliphatic carbocycles. The average molecular weight is 332 g/mol. The van der Waals surface area contributed by atoms with Crippen molar-refractivity contribution in [1.82, 2.24) is 14.7 Å². The normalized spacial score (nSPS) is 23.7. The zero-order chi connectivity index (χ0) is 16.8. The minimum absolute atomic E-state index is 0.333. The maximum absolute atomic E-state index is 6.12. The van der Waals surface area contributed by atoms with Crippen LogP contribution in [0.15, 0.2) is 24.3 Å². The van der Waals surface area contributed by atoms with E-state index in [9.17, 15) is 0 Å². The summed E-state index contributed by atoms with van der Waals surface area (Å²) < 4.78 is 6.12. The number of hydrogen-bond donors (Lipinski definition) is 1. The predicted molar refractivity (Wildman–Crippen MR) is 98.4 cm³/mol. The number of likely N-dealkylation sites (N-methyl/N-ethyl adjacent to an activating group) is 1. The number of para-hydroxylation sites is 1. The Kier molecular flexibility index (Phi) is 6.49. The van der Waals surface area contributed by atoms with Gasteiger partial charge in [0.2, 0.25) is 0 Å². The molecule has 0 aromatic heterocycles. The van der Waals surface area contributed by atoms with E-state index >= 15 is 0 Å². The van der Waals surface area contributed by atoms with Gasteiger partial charge in [-0.1, -0.05) is 25.1 Å². The van der Waals surface area contributed by atoms with Crippen molar-refractivity contribution >= 4 is 0 Å². The van der Waals surface area contributed by atoms with Gasteiger partial charge in [0.1, 0.15) is 12.4 Å². The summed E-state index contributed by atoms with van der Waals surface area (Å²) >= 11 is 0. The second-order valence-corrected chi connectivity index (χ2v) is 7.02. The number of nitrogens with zero attached hydrogens (tertiary/aromatic N) is 3. The van der Waals surface area contributed by atoms with Gasteiger partial charge in [0, 0.05) is 64.0 Å². The Labute approximate surface area is 146 Å². The van der Waals surface area contributed by atoms with Crippen molar-refractivity contribution in [3.8, 4) is 5.75 Å². The zero-order valence-electron chi connectivity index (χ0n) is 15.0. The molecule has 2 heterocycles. The van der Waals surface area contributed by atoms with Crippen molar-refractivity contribution in [2.24, 2.45) is 5.73 Å². The molecule has 0 unspecified atom stereocenters. The van der Waals surface area contributed by atoms with Gasteiger partial charge >= 0.3 is 0 Å². The van der Waals surface area contributed by atoms with E-state index in [1.54, 1.807) is 0 Å². The molecule has 0 spiro atoms. The topological polar surface area (TPSA) is 45.0 Å². The van der Waals surface area contributed by atoms with Crippen LogP contribution in [0.25, 0.3) is 0 Å². The van der Waals surface area contributed by atoms with E-state index in [1.807, 2.05) is 0 Å². The maximum Gasteiger partial charge on any atom is 0.123 e. The Morgan fingerprint density at radius 2 is 1.79 bits per heavy atom. The number of hydrogen-bond acceptors (Lipinski definition) is 5. The largest absolute Gasteiger partial charge is 0.492 e. The molecule has 0 amide bonds. The average Bonchev–Trinajstić information content (AvgIpc) is 3.02. The van der Waals surface area contributed by atoms with Crippen LogP contribution in [-0.4, -0.2) is 79.7 Å². The molecule has 1 atom stereocenters. The van der Waals surface area contributed by atoms with Crippen LogP contribution in [0, 0.1) is 0 Å². The van der Waals surface area contributed by atoms with Crippen LogP contribution >= 0.6 is 0 Å². The summed E-state index contributed by atoms with van der Waals surface area (Å²) in [4.78, 5) is 7.44. The first-order valence-corrected chi connectivity index (χ1v) is 9.38. The molecule has 24 heavy (non-hydrogen) atoms. The molecule has 1 aromatic carbocycles. The quantitative estimate of drug-likeness (QED) is 0.814. The van der Waals surface area contributed by atoms with Crippen LogP contribution in [0.2, 0.25) is 0 Å². The van der Waals surface area contributed by atoms with Gasteiger partial charge in [0.05, 0.1) is 0 Å². The van der Waals surface area contributed by atoms with E-state index in [0.717, 1.165) is 64.6 Å². The summed E-state index contributed by atoms with van der Waals surface area (Å²) in [5, 5.41) is 0. The monoisotopic (exact) mass is 332 g/mol. The van der Waals surface area contributed by atoms with Gasteiger partial charge in [-0.15, -0.1) is 0 Å². The highest BCUT2D eigenvalue weighted by atomic mass is 16.5. The Balaban J connectivity index is 1.45. The summed E-state index contributed by atoms with van der Waals surface area (Å²) in [7, 11) is 0. The fraction of sp³-hybridized carbons (Fsp3) is 0.684. The van der Waals surface area contributed by atoms with Gasteiger partial charge in [-0.3, -0.25) is 9.80 Å². The van der Waals surface area contributed by atoms with E-state index in [-0.39, 0.29) is 0 Å². The van der Waals surface area contributed by atoms with E-state index < -0.39 is 0 Å². The highest BCUT2D eigenvalue weighted by molar-refractivity contribution is 5.33. The SMILES string of the molecule is CCN1CCN(CCOc2ccccc2CN2CC[C@@H](N)C2)CC1. The fourth-order valence-corrected chi connectivity index (χ4v) is 3.64. The third-order valence-corrected chi connectivity index (χ3v) is 5.25. The number of ether oxygens (including phenoxy) is 1. The van der Waals surface area contributed by atoms with Crippen molar-refractivity contribution in [2.75, 3.05) is 59.0 Å².